The Morgan fingerprint density at radius 3 is 3.00 bits per heavy atom. The summed E-state index contributed by atoms with van der Waals surface area (Å²) in [7, 11) is 0. The molecule has 1 heterocycles. The van der Waals surface area contributed by atoms with Gasteiger partial charge in [-0.3, -0.25) is 4.79 Å². The summed E-state index contributed by atoms with van der Waals surface area (Å²) in [5, 5.41) is 4.98. The summed E-state index contributed by atoms with van der Waals surface area (Å²) in [5.74, 6) is -0.0206. The van der Waals surface area contributed by atoms with Crippen LogP contribution in [-0.2, 0) is 4.79 Å². The van der Waals surface area contributed by atoms with Gasteiger partial charge in [0.2, 0.25) is 5.91 Å². The van der Waals surface area contributed by atoms with Gasteiger partial charge in [0.05, 0.1) is 6.04 Å². The fourth-order valence-electron chi connectivity index (χ4n) is 1.24. The molecule has 0 saturated carbocycles. The largest absolute Gasteiger partial charge is 0.345 e. The van der Waals surface area contributed by atoms with Crippen LogP contribution in [0.4, 0.5) is 0 Å². The molecule has 1 atom stereocenters. The third kappa shape index (κ3) is 3.00. The number of carbonyl (C=O) groups is 1. The van der Waals surface area contributed by atoms with Crippen LogP contribution in [0.5, 0.6) is 0 Å². The molecule has 0 aliphatic carbocycles. The van der Waals surface area contributed by atoms with Gasteiger partial charge in [-0.25, -0.2) is 0 Å². The maximum absolute atomic E-state index is 11.3. The first-order valence-electron chi connectivity index (χ1n) is 4.74. The monoisotopic (exact) mass is 209 g/mol. The Bertz CT molecular complexity index is 303. The number of rotatable bonds is 4. The van der Waals surface area contributed by atoms with Crippen LogP contribution in [0.15, 0.2) is 29.7 Å². The lowest BCUT2D eigenvalue weighted by Crippen LogP contribution is -2.25. The average molecular weight is 209 g/mol. The van der Waals surface area contributed by atoms with E-state index in [0.29, 0.717) is 0 Å². The summed E-state index contributed by atoms with van der Waals surface area (Å²) in [4.78, 5) is 12.5. The molecule has 14 heavy (non-hydrogen) atoms. The van der Waals surface area contributed by atoms with Crippen LogP contribution in [0.3, 0.4) is 0 Å². The van der Waals surface area contributed by atoms with Crippen molar-refractivity contribution in [3.8, 4) is 0 Å². The summed E-state index contributed by atoms with van der Waals surface area (Å²) in [6, 6.07) is 4.21. The summed E-state index contributed by atoms with van der Waals surface area (Å²) >= 11 is 1.68. The lowest BCUT2D eigenvalue weighted by atomic mass is 10.2. The minimum Gasteiger partial charge on any atom is -0.345 e. The molecule has 76 valence electrons. The van der Waals surface area contributed by atoms with Gasteiger partial charge in [-0.1, -0.05) is 19.1 Å². The first-order chi connectivity index (χ1) is 6.77. The topological polar surface area (TPSA) is 29.1 Å². The predicted octanol–water partition coefficient (Wildman–Crippen LogP) is 2.89. The lowest BCUT2D eigenvalue weighted by molar-refractivity contribution is -0.117. The second-order valence-electron chi connectivity index (χ2n) is 2.98. The Labute approximate surface area is 88.6 Å². The zero-order valence-electron chi connectivity index (χ0n) is 8.49. The highest BCUT2D eigenvalue weighted by Gasteiger charge is 2.11. The van der Waals surface area contributed by atoms with Crippen molar-refractivity contribution < 1.29 is 4.79 Å². The van der Waals surface area contributed by atoms with Crippen molar-refractivity contribution in [3.63, 3.8) is 0 Å². The van der Waals surface area contributed by atoms with Gasteiger partial charge in [0.1, 0.15) is 0 Å². The highest BCUT2D eigenvalue weighted by molar-refractivity contribution is 7.10. The molecule has 1 aromatic heterocycles. The molecular weight excluding hydrogens is 194 g/mol. The fourth-order valence-corrected chi connectivity index (χ4v) is 2.10. The van der Waals surface area contributed by atoms with Crippen LogP contribution < -0.4 is 5.32 Å². The number of carbonyl (C=O) groups excluding carboxylic acids is 1. The number of thiophene rings is 1. The third-order valence-corrected chi connectivity index (χ3v) is 2.92. The maximum Gasteiger partial charge on any atom is 0.244 e. The predicted molar refractivity (Wildman–Crippen MR) is 60.3 cm³/mol. The lowest BCUT2D eigenvalue weighted by Gasteiger charge is -2.13. The van der Waals surface area contributed by atoms with Crippen molar-refractivity contribution in [1.29, 1.82) is 0 Å². The molecule has 1 unspecified atom stereocenters. The van der Waals surface area contributed by atoms with E-state index in [-0.39, 0.29) is 11.9 Å². The highest BCUT2D eigenvalue weighted by atomic mass is 32.1. The van der Waals surface area contributed by atoms with Crippen LogP contribution in [0.1, 0.15) is 31.2 Å². The van der Waals surface area contributed by atoms with E-state index >= 15 is 0 Å². The summed E-state index contributed by atoms with van der Waals surface area (Å²) in [6.07, 6.45) is 4.22. The van der Waals surface area contributed by atoms with Crippen LogP contribution in [0.25, 0.3) is 0 Å². The van der Waals surface area contributed by atoms with Crippen molar-refractivity contribution in [2.24, 2.45) is 0 Å². The SMILES string of the molecule is CC=CC(=O)NC(CC)c1cccs1. The number of allylic oxidation sites excluding steroid dienone is 1. The zero-order chi connectivity index (χ0) is 10.4. The second-order valence-corrected chi connectivity index (χ2v) is 3.96. The second kappa shape index (κ2) is 5.60. The summed E-state index contributed by atoms with van der Waals surface area (Å²) < 4.78 is 0. The quantitative estimate of drug-likeness (QED) is 0.759. The van der Waals surface area contributed by atoms with Crippen LogP contribution >= 0.6 is 11.3 Å². The molecule has 0 aromatic carbocycles. The molecule has 0 aliphatic rings. The van der Waals surface area contributed by atoms with E-state index in [1.807, 2.05) is 18.4 Å². The Morgan fingerprint density at radius 1 is 1.71 bits per heavy atom. The first-order valence-corrected chi connectivity index (χ1v) is 5.62. The number of nitrogens with one attached hydrogen (secondary N) is 1. The molecule has 1 aromatic rings. The van der Waals surface area contributed by atoms with Crippen LogP contribution in [-0.4, -0.2) is 5.91 Å². The third-order valence-electron chi connectivity index (χ3n) is 1.93. The fraction of sp³-hybridized carbons (Fsp3) is 0.364. The van der Waals surface area contributed by atoms with Gasteiger partial charge in [0.25, 0.3) is 0 Å². The minimum absolute atomic E-state index is 0.0206. The highest BCUT2D eigenvalue weighted by Crippen LogP contribution is 2.21. The molecule has 0 spiro atoms. The minimum atomic E-state index is -0.0206. The Balaban J connectivity index is 2.60. The van der Waals surface area contributed by atoms with Gasteiger partial charge in [0, 0.05) is 4.88 Å². The molecule has 0 aliphatic heterocycles. The normalized spacial score (nSPS) is 13.0. The van der Waals surface area contributed by atoms with Crippen molar-refractivity contribution in [3.05, 3.63) is 34.5 Å². The first kappa shape index (κ1) is 11.0. The molecule has 1 rings (SSSR count). The van der Waals surface area contributed by atoms with E-state index in [2.05, 4.69) is 18.3 Å². The summed E-state index contributed by atoms with van der Waals surface area (Å²) in [5.41, 5.74) is 0. The summed E-state index contributed by atoms with van der Waals surface area (Å²) in [6.45, 7) is 3.91. The molecule has 1 N–H and O–H groups in total. The molecule has 0 radical (unpaired) electrons. The smallest absolute Gasteiger partial charge is 0.244 e. The molecular formula is C11H15NOS. The average Bonchev–Trinajstić information content (AvgIpc) is 2.67. The van der Waals surface area contributed by atoms with Crippen LogP contribution in [0.2, 0.25) is 0 Å². The van der Waals surface area contributed by atoms with Crippen molar-refractivity contribution in [1.82, 2.24) is 5.32 Å². The van der Waals surface area contributed by atoms with E-state index in [1.165, 1.54) is 4.88 Å². The van der Waals surface area contributed by atoms with E-state index in [9.17, 15) is 4.79 Å². The Hall–Kier alpha value is -1.09. The van der Waals surface area contributed by atoms with Crippen LogP contribution in [0, 0.1) is 0 Å². The van der Waals surface area contributed by atoms with Gasteiger partial charge in [-0.2, -0.15) is 0 Å². The molecule has 0 bridgehead atoms. The Morgan fingerprint density at radius 2 is 2.50 bits per heavy atom. The van der Waals surface area contributed by atoms with E-state index in [4.69, 9.17) is 0 Å². The Kier molecular flexibility index (Phi) is 4.40. The molecule has 0 fully saturated rings. The number of amides is 1. The number of hydrogen-bond donors (Lipinski definition) is 1. The van der Waals surface area contributed by atoms with Gasteiger partial charge in [-0.05, 0) is 30.9 Å². The van der Waals surface area contributed by atoms with Crippen molar-refractivity contribution >= 4 is 17.2 Å². The van der Waals surface area contributed by atoms with Gasteiger partial charge >= 0.3 is 0 Å². The van der Waals surface area contributed by atoms with Crippen molar-refractivity contribution in [2.75, 3.05) is 0 Å². The zero-order valence-corrected chi connectivity index (χ0v) is 9.30. The van der Waals surface area contributed by atoms with E-state index < -0.39 is 0 Å². The molecule has 3 heteroatoms. The standard InChI is InChI=1S/C11H15NOS/c1-3-6-11(13)12-9(4-2)10-7-5-8-14-10/h3,5-9H,4H2,1-2H3,(H,12,13). The van der Waals surface area contributed by atoms with Crippen molar-refractivity contribution in [2.45, 2.75) is 26.3 Å². The van der Waals surface area contributed by atoms with Gasteiger partial charge < -0.3 is 5.32 Å². The molecule has 0 saturated heterocycles. The van der Waals surface area contributed by atoms with Gasteiger partial charge in [0.15, 0.2) is 0 Å². The molecule has 1 amide bonds. The van der Waals surface area contributed by atoms with E-state index in [1.54, 1.807) is 23.5 Å². The number of hydrogen-bond acceptors (Lipinski definition) is 2. The molecule has 2 nitrogen and oxygen atoms in total. The van der Waals surface area contributed by atoms with Gasteiger partial charge in [-0.15, -0.1) is 11.3 Å². The van der Waals surface area contributed by atoms with E-state index in [0.717, 1.165) is 6.42 Å². The maximum atomic E-state index is 11.3.